The van der Waals surface area contributed by atoms with Gasteiger partial charge in [-0.15, -0.1) is 0 Å². The molecule has 0 N–H and O–H groups in total. The van der Waals surface area contributed by atoms with Gasteiger partial charge in [0.25, 0.3) is 0 Å². The number of methoxy groups -OCH3 is 1. The van der Waals surface area contributed by atoms with E-state index in [4.69, 9.17) is 25.8 Å². The summed E-state index contributed by atoms with van der Waals surface area (Å²) in [5.74, 6) is 1.37. The van der Waals surface area contributed by atoms with Gasteiger partial charge in [-0.3, -0.25) is 0 Å². The zero-order valence-electron chi connectivity index (χ0n) is 12.9. The molecule has 0 amide bonds. The summed E-state index contributed by atoms with van der Waals surface area (Å²) in [4.78, 5) is 4.03. The molecular formula is C17H19ClN2O3. The molecule has 122 valence electrons. The second-order valence-electron chi connectivity index (χ2n) is 5.29. The maximum absolute atomic E-state index is 6.15. The Hall–Kier alpha value is -1.98. The fraction of sp³-hybridized carbons (Fsp3) is 0.353. The molecule has 0 fully saturated rings. The van der Waals surface area contributed by atoms with E-state index in [0.29, 0.717) is 23.1 Å². The van der Waals surface area contributed by atoms with Crippen LogP contribution in [0.5, 0.6) is 11.5 Å². The Morgan fingerprint density at radius 3 is 2.91 bits per heavy atom. The summed E-state index contributed by atoms with van der Waals surface area (Å²) in [6.07, 6.45) is 10.6. The normalized spacial score (nSPS) is 19.9. The van der Waals surface area contributed by atoms with Crippen LogP contribution >= 0.6 is 11.6 Å². The molecule has 2 aromatic rings. The van der Waals surface area contributed by atoms with Crippen molar-refractivity contribution < 1.29 is 14.2 Å². The molecule has 0 bridgehead atoms. The lowest BCUT2D eigenvalue weighted by molar-refractivity contribution is 0.0393. The Morgan fingerprint density at radius 2 is 2.17 bits per heavy atom. The molecule has 0 saturated carbocycles. The van der Waals surface area contributed by atoms with Crippen LogP contribution in [-0.4, -0.2) is 35.5 Å². The first-order valence-corrected chi connectivity index (χ1v) is 7.88. The van der Waals surface area contributed by atoms with Crippen LogP contribution in [0, 0.1) is 0 Å². The van der Waals surface area contributed by atoms with Gasteiger partial charge in [0.05, 0.1) is 43.8 Å². The topological polar surface area (TPSA) is 45.5 Å². The van der Waals surface area contributed by atoms with Gasteiger partial charge in [-0.2, -0.15) is 0 Å². The van der Waals surface area contributed by atoms with E-state index in [1.165, 1.54) is 0 Å². The largest absolute Gasteiger partial charge is 0.497 e. The van der Waals surface area contributed by atoms with Crippen molar-refractivity contribution in [2.24, 2.45) is 0 Å². The van der Waals surface area contributed by atoms with Crippen LogP contribution in [0.25, 0.3) is 0 Å². The van der Waals surface area contributed by atoms with Crippen LogP contribution in [0.15, 0.2) is 49.1 Å². The smallest absolute Gasteiger partial charge is 0.138 e. The number of nitrogens with zero attached hydrogens (tertiary/aromatic N) is 2. The number of halogens is 1. The van der Waals surface area contributed by atoms with Gasteiger partial charge in [-0.1, -0.05) is 23.8 Å². The first kappa shape index (κ1) is 15.9. The van der Waals surface area contributed by atoms with Gasteiger partial charge in [-0.05, 0) is 12.1 Å². The third-order valence-electron chi connectivity index (χ3n) is 3.64. The maximum Gasteiger partial charge on any atom is 0.138 e. The number of rotatable bonds is 7. The quantitative estimate of drug-likeness (QED) is 0.729. The summed E-state index contributed by atoms with van der Waals surface area (Å²) in [5.41, 5.74) is 0. The van der Waals surface area contributed by atoms with Gasteiger partial charge in [0, 0.05) is 24.9 Å². The van der Waals surface area contributed by atoms with E-state index in [1.807, 2.05) is 22.9 Å². The number of benzene rings is 1. The highest BCUT2D eigenvalue weighted by Crippen LogP contribution is 2.29. The van der Waals surface area contributed by atoms with E-state index in [0.717, 1.165) is 13.0 Å². The molecule has 1 aromatic carbocycles. The Morgan fingerprint density at radius 1 is 1.30 bits per heavy atom. The monoisotopic (exact) mass is 334 g/mol. The van der Waals surface area contributed by atoms with E-state index >= 15 is 0 Å². The zero-order chi connectivity index (χ0) is 16.1. The molecule has 1 aliphatic heterocycles. The lowest BCUT2D eigenvalue weighted by Crippen LogP contribution is -2.19. The van der Waals surface area contributed by atoms with Crippen molar-refractivity contribution in [2.45, 2.75) is 25.2 Å². The van der Waals surface area contributed by atoms with Crippen LogP contribution in [0.2, 0.25) is 5.02 Å². The summed E-state index contributed by atoms with van der Waals surface area (Å²) in [6, 6.07) is 5.38. The van der Waals surface area contributed by atoms with Gasteiger partial charge < -0.3 is 18.8 Å². The summed E-state index contributed by atoms with van der Waals surface area (Å²) in [5, 5.41) is 0.546. The second-order valence-corrected chi connectivity index (χ2v) is 5.70. The lowest BCUT2D eigenvalue weighted by Gasteiger charge is -2.15. The minimum absolute atomic E-state index is 0.0699. The molecule has 0 aliphatic carbocycles. The number of imidazole rings is 1. The molecule has 2 heterocycles. The molecule has 3 rings (SSSR count). The average molecular weight is 335 g/mol. The maximum atomic E-state index is 6.15. The molecule has 23 heavy (non-hydrogen) atoms. The third-order valence-corrected chi connectivity index (χ3v) is 3.93. The molecule has 0 unspecified atom stereocenters. The SMILES string of the molecule is COc1ccc(OCC[C@H]2C=C[C@@H](Cn3ccnc3)O2)c(Cl)c1. The molecular weight excluding hydrogens is 316 g/mol. The number of aromatic nitrogens is 2. The van der Waals surface area contributed by atoms with E-state index in [2.05, 4.69) is 17.1 Å². The molecule has 1 aliphatic rings. The lowest BCUT2D eigenvalue weighted by atomic mass is 10.2. The first-order valence-electron chi connectivity index (χ1n) is 7.50. The van der Waals surface area contributed by atoms with Crippen molar-refractivity contribution in [3.05, 3.63) is 54.1 Å². The molecule has 1 aromatic heterocycles. The zero-order valence-corrected chi connectivity index (χ0v) is 13.6. The highest BCUT2D eigenvalue weighted by Gasteiger charge is 2.19. The van der Waals surface area contributed by atoms with Gasteiger partial charge in [0.1, 0.15) is 11.5 Å². The van der Waals surface area contributed by atoms with Crippen molar-refractivity contribution in [3.63, 3.8) is 0 Å². The van der Waals surface area contributed by atoms with Gasteiger partial charge in [0.15, 0.2) is 0 Å². The second kappa shape index (κ2) is 7.53. The molecule has 0 radical (unpaired) electrons. The van der Waals surface area contributed by atoms with E-state index in [1.54, 1.807) is 25.7 Å². The van der Waals surface area contributed by atoms with Crippen LogP contribution in [0.4, 0.5) is 0 Å². The van der Waals surface area contributed by atoms with E-state index < -0.39 is 0 Å². The van der Waals surface area contributed by atoms with Crippen molar-refractivity contribution in [1.82, 2.24) is 9.55 Å². The standard InChI is InChI=1S/C17H19ClN2O3/c1-21-14-4-5-17(16(18)10-14)22-9-6-13-2-3-15(23-13)11-20-8-7-19-12-20/h2-5,7-8,10,12-13,15H,6,9,11H2,1H3/t13-,15+/m1/s1. The minimum atomic E-state index is 0.0699. The number of ether oxygens (including phenoxy) is 3. The summed E-state index contributed by atoms with van der Waals surface area (Å²) in [6.45, 7) is 1.32. The summed E-state index contributed by atoms with van der Waals surface area (Å²) < 4.78 is 18.8. The Bertz CT molecular complexity index is 658. The van der Waals surface area contributed by atoms with Crippen molar-refractivity contribution >= 4 is 11.6 Å². The Kier molecular flexibility index (Phi) is 5.20. The minimum Gasteiger partial charge on any atom is -0.497 e. The van der Waals surface area contributed by atoms with Gasteiger partial charge >= 0.3 is 0 Å². The van der Waals surface area contributed by atoms with E-state index in [-0.39, 0.29) is 12.2 Å². The van der Waals surface area contributed by atoms with Crippen molar-refractivity contribution in [1.29, 1.82) is 0 Å². The van der Waals surface area contributed by atoms with Crippen molar-refractivity contribution in [3.8, 4) is 11.5 Å². The van der Waals surface area contributed by atoms with E-state index in [9.17, 15) is 0 Å². The summed E-state index contributed by atoms with van der Waals surface area (Å²) >= 11 is 6.15. The average Bonchev–Trinajstić information content (AvgIpc) is 3.21. The molecule has 0 saturated heterocycles. The Balaban J connectivity index is 1.42. The van der Waals surface area contributed by atoms with Gasteiger partial charge in [-0.25, -0.2) is 4.98 Å². The molecule has 5 nitrogen and oxygen atoms in total. The fourth-order valence-electron chi connectivity index (χ4n) is 2.44. The predicted molar refractivity (Wildman–Crippen MR) is 88.1 cm³/mol. The molecule has 2 atom stereocenters. The van der Waals surface area contributed by atoms with Crippen LogP contribution in [-0.2, 0) is 11.3 Å². The van der Waals surface area contributed by atoms with Crippen LogP contribution in [0.1, 0.15) is 6.42 Å². The molecule has 6 heteroatoms. The first-order chi connectivity index (χ1) is 11.2. The Labute approximate surface area is 140 Å². The van der Waals surface area contributed by atoms with Crippen LogP contribution < -0.4 is 9.47 Å². The third kappa shape index (κ3) is 4.27. The van der Waals surface area contributed by atoms with Gasteiger partial charge in [0.2, 0.25) is 0 Å². The van der Waals surface area contributed by atoms with Crippen molar-refractivity contribution in [2.75, 3.05) is 13.7 Å². The number of hydrogen-bond acceptors (Lipinski definition) is 4. The molecule has 0 spiro atoms. The summed E-state index contributed by atoms with van der Waals surface area (Å²) in [7, 11) is 1.61. The number of hydrogen-bond donors (Lipinski definition) is 0. The fourth-order valence-corrected chi connectivity index (χ4v) is 2.67. The van der Waals surface area contributed by atoms with Crippen LogP contribution in [0.3, 0.4) is 0 Å². The predicted octanol–water partition coefficient (Wildman–Crippen LogP) is 3.34. The highest BCUT2D eigenvalue weighted by molar-refractivity contribution is 6.32. The highest BCUT2D eigenvalue weighted by atomic mass is 35.5.